The van der Waals surface area contributed by atoms with E-state index in [9.17, 15) is 13.2 Å². The Morgan fingerprint density at radius 3 is 2.70 bits per heavy atom. The van der Waals surface area contributed by atoms with Gasteiger partial charge in [-0.1, -0.05) is 0 Å². The fourth-order valence-corrected chi connectivity index (χ4v) is 3.69. The number of thiophene rings is 1. The highest BCUT2D eigenvalue weighted by atomic mass is 79.9. The van der Waals surface area contributed by atoms with E-state index in [2.05, 4.69) is 21.2 Å². The number of nitrogens with one attached hydrogen (secondary N) is 1. The highest BCUT2D eigenvalue weighted by molar-refractivity contribution is 9.10. The molecule has 0 fully saturated rings. The van der Waals surface area contributed by atoms with Crippen molar-refractivity contribution in [3.8, 4) is 0 Å². The molecular formula is C11H11BrN2O4S2. The van der Waals surface area contributed by atoms with E-state index in [-0.39, 0.29) is 10.1 Å². The quantitative estimate of drug-likeness (QED) is 0.826. The number of nitrogens with two attached hydrogens (primary N) is 1. The third-order valence-corrected chi connectivity index (χ3v) is 5.63. The van der Waals surface area contributed by atoms with E-state index >= 15 is 0 Å². The van der Waals surface area contributed by atoms with Crippen LogP contribution in [0.15, 0.2) is 37.8 Å². The Balaban J connectivity index is 1.89. The summed E-state index contributed by atoms with van der Waals surface area (Å²) in [6.07, 6.45) is 1.94. The number of sulfonamides is 1. The Labute approximate surface area is 128 Å². The molecule has 0 aliphatic heterocycles. The van der Waals surface area contributed by atoms with Crippen molar-refractivity contribution in [3.63, 3.8) is 0 Å². The van der Waals surface area contributed by atoms with Gasteiger partial charge in [-0.2, -0.15) is 0 Å². The first-order valence-electron chi connectivity index (χ1n) is 5.50. The number of carbonyl (C=O) groups is 1. The summed E-state index contributed by atoms with van der Waals surface area (Å²) in [4.78, 5) is 12.6. The number of carbonyl (C=O) groups excluding carboxylic acids is 1. The second-order valence-electron chi connectivity index (χ2n) is 3.88. The van der Waals surface area contributed by atoms with E-state index in [1.807, 2.05) is 0 Å². The monoisotopic (exact) mass is 378 g/mol. The van der Waals surface area contributed by atoms with Gasteiger partial charge in [0.25, 0.3) is 5.91 Å². The lowest BCUT2D eigenvalue weighted by Crippen LogP contribution is -2.25. The maximum Gasteiger partial charge on any atom is 0.255 e. The van der Waals surface area contributed by atoms with Crippen molar-refractivity contribution in [2.75, 3.05) is 6.54 Å². The molecule has 0 aliphatic rings. The average Bonchev–Trinajstić information content (AvgIpc) is 2.97. The third-order valence-electron chi connectivity index (χ3n) is 2.44. The van der Waals surface area contributed by atoms with E-state index in [1.165, 1.54) is 12.3 Å². The summed E-state index contributed by atoms with van der Waals surface area (Å²) in [5, 5.41) is 7.74. The lowest BCUT2D eigenvalue weighted by Gasteiger charge is -2.02. The molecule has 20 heavy (non-hydrogen) atoms. The molecule has 2 aromatic rings. The number of hydrogen-bond acceptors (Lipinski definition) is 5. The molecule has 2 heterocycles. The molecule has 2 rings (SSSR count). The molecule has 0 spiro atoms. The SMILES string of the molecule is NS(=O)(=O)c1ccc(CCNC(=O)c2ccoc2Br)s1. The molecule has 0 bridgehead atoms. The van der Waals surface area contributed by atoms with Crippen LogP contribution in [-0.2, 0) is 16.4 Å². The van der Waals surface area contributed by atoms with Gasteiger partial charge in [0.2, 0.25) is 10.0 Å². The molecule has 0 radical (unpaired) electrons. The molecule has 2 aromatic heterocycles. The van der Waals surface area contributed by atoms with Crippen molar-refractivity contribution in [1.29, 1.82) is 0 Å². The normalized spacial score (nSPS) is 11.5. The Bertz CT molecular complexity index is 720. The minimum atomic E-state index is -3.65. The predicted molar refractivity (Wildman–Crippen MR) is 78.1 cm³/mol. The summed E-state index contributed by atoms with van der Waals surface area (Å²) in [6, 6.07) is 4.71. The van der Waals surface area contributed by atoms with Crippen LogP contribution in [0.25, 0.3) is 0 Å². The van der Waals surface area contributed by atoms with Gasteiger partial charge in [-0.3, -0.25) is 4.79 Å². The van der Waals surface area contributed by atoms with Gasteiger partial charge >= 0.3 is 0 Å². The van der Waals surface area contributed by atoms with Crippen molar-refractivity contribution < 1.29 is 17.6 Å². The van der Waals surface area contributed by atoms with E-state index in [0.29, 0.717) is 23.2 Å². The summed E-state index contributed by atoms with van der Waals surface area (Å²) in [6.45, 7) is 0.390. The van der Waals surface area contributed by atoms with Gasteiger partial charge in [-0.25, -0.2) is 13.6 Å². The highest BCUT2D eigenvalue weighted by Gasteiger charge is 2.13. The fourth-order valence-electron chi connectivity index (χ4n) is 1.50. The minimum absolute atomic E-state index is 0.122. The molecule has 0 saturated carbocycles. The zero-order valence-corrected chi connectivity index (χ0v) is 13.3. The molecule has 3 N–H and O–H groups in total. The van der Waals surface area contributed by atoms with Crippen molar-refractivity contribution in [2.24, 2.45) is 5.14 Å². The first-order chi connectivity index (χ1) is 9.38. The zero-order chi connectivity index (χ0) is 14.8. The van der Waals surface area contributed by atoms with Crippen LogP contribution in [0.5, 0.6) is 0 Å². The van der Waals surface area contributed by atoms with Crippen LogP contribution in [0.3, 0.4) is 0 Å². The van der Waals surface area contributed by atoms with E-state index < -0.39 is 10.0 Å². The van der Waals surface area contributed by atoms with Gasteiger partial charge in [0.15, 0.2) is 4.67 Å². The van der Waals surface area contributed by atoms with Crippen LogP contribution in [0, 0.1) is 0 Å². The first kappa shape index (κ1) is 15.2. The first-order valence-corrected chi connectivity index (χ1v) is 8.66. The van der Waals surface area contributed by atoms with Gasteiger partial charge in [-0.05, 0) is 40.5 Å². The van der Waals surface area contributed by atoms with Crippen LogP contribution >= 0.6 is 27.3 Å². The van der Waals surface area contributed by atoms with Crippen LogP contribution < -0.4 is 10.5 Å². The maximum absolute atomic E-state index is 11.8. The Morgan fingerprint density at radius 1 is 1.40 bits per heavy atom. The standard InChI is InChI=1S/C11H11BrN2O4S2/c12-10-8(4-6-18-10)11(15)14-5-3-7-1-2-9(19-7)20(13,16)17/h1-2,4,6H,3,5H2,(H,14,15)(H2,13,16,17). The molecule has 0 atom stereocenters. The van der Waals surface area contributed by atoms with Crippen LogP contribution in [0.1, 0.15) is 15.2 Å². The van der Waals surface area contributed by atoms with Gasteiger partial charge in [0.1, 0.15) is 4.21 Å². The Morgan fingerprint density at radius 2 is 2.15 bits per heavy atom. The molecule has 0 saturated heterocycles. The predicted octanol–water partition coefficient (Wildman–Crippen LogP) is 1.72. The van der Waals surface area contributed by atoms with Gasteiger partial charge in [0.05, 0.1) is 11.8 Å². The summed E-state index contributed by atoms with van der Waals surface area (Å²) in [5.41, 5.74) is 0.418. The van der Waals surface area contributed by atoms with E-state index in [0.717, 1.165) is 16.2 Å². The van der Waals surface area contributed by atoms with E-state index in [4.69, 9.17) is 9.56 Å². The summed E-state index contributed by atoms with van der Waals surface area (Å²) >= 11 is 4.22. The van der Waals surface area contributed by atoms with Crippen molar-refractivity contribution in [3.05, 3.63) is 39.6 Å². The topological polar surface area (TPSA) is 102 Å². The summed E-state index contributed by atoms with van der Waals surface area (Å²) in [5.74, 6) is -0.256. The Kier molecular flexibility index (Phi) is 4.63. The second-order valence-corrected chi connectivity index (χ2v) is 7.56. The minimum Gasteiger partial charge on any atom is -0.457 e. The fraction of sp³-hybridized carbons (Fsp3) is 0.182. The number of primary sulfonamides is 1. The Hall–Kier alpha value is -1.16. The van der Waals surface area contributed by atoms with Crippen LogP contribution in [0.4, 0.5) is 0 Å². The highest BCUT2D eigenvalue weighted by Crippen LogP contribution is 2.20. The van der Waals surface area contributed by atoms with Crippen molar-refractivity contribution in [2.45, 2.75) is 10.6 Å². The number of furan rings is 1. The van der Waals surface area contributed by atoms with Crippen LogP contribution in [0.2, 0.25) is 0 Å². The molecule has 1 amide bonds. The van der Waals surface area contributed by atoms with Crippen molar-refractivity contribution >= 4 is 43.2 Å². The maximum atomic E-state index is 11.8. The van der Waals surface area contributed by atoms with Crippen molar-refractivity contribution in [1.82, 2.24) is 5.32 Å². The smallest absolute Gasteiger partial charge is 0.255 e. The van der Waals surface area contributed by atoms with Crippen LogP contribution in [-0.4, -0.2) is 20.9 Å². The van der Waals surface area contributed by atoms with Gasteiger partial charge in [-0.15, -0.1) is 11.3 Å². The molecule has 9 heteroatoms. The lowest BCUT2D eigenvalue weighted by molar-refractivity contribution is 0.0952. The number of rotatable bonds is 5. The number of amides is 1. The average molecular weight is 379 g/mol. The number of hydrogen-bond donors (Lipinski definition) is 2. The largest absolute Gasteiger partial charge is 0.457 e. The molecule has 108 valence electrons. The second kappa shape index (κ2) is 6.08. The summed E-state index contributed by atoms with van der Waals surface area (Å²) < 4.78 is 27.7. The molecule has 0 aliphatic carbocycles. The third kappa shape index (κ3) is 3.69. The van der Waals surface area contributed by atoms with E-state index in [1.54, 1.807) is 12.1 Å². The van der Waals surface area contributed by atoms with Gasteiger partial charge in [0, 0.05) is 11.4 Å². The molecule has 0 aromatic carbocycles. The lowest BCUT2D eigenvalue weighted by atomic mass is 10.3. The van der Waals surface area contributed by atoms with Gasteiger partial charge < -0.3 is 9.73 Å². The number of halogens is 1. The molecule has 0 unspecified atom stereocenters. The summed E-state index contributed by atoms with van der Waals surface area (Å²) in [7, 11) is -3.65. The molecular weight excluding hydrogens is 368 g/mol. The molecule has 6 nitrogen and oxygen atoms in total. The zero-order valence-electron chi connectivity index (χ0n) is 10.1.